The number of amidine groups is 1. The zero-order chi connectivity index (χ0) is 66.9. The third kappa shape index (κ3) is 18.8. The highest BCUT2D eigenvalue weighted by molar-refractivity contribution is 9.08. The van der Waals surface area contributed by atoms with Crippen LogP contribution in [0.2, 0.25) is 0 Å². The number of rotatable bonds is 9. The fourth-order valence-electron chi connectivity index (χ4n) is 10.7. The highest BCUT2D eigenvalue weighted by Crippen LogP contribution is 2.32. The fraction of sp³-hybridized carbons (Fsp3) is 0.415. The lowest BCUT2D eigenvalue weighted by atomic mass is 10.0. The summed E-state index contributed by atoms with van der Waals surface area (Å²) >= 11 is 3.20. The van der Waals surface area contributed by atoms with Crippen molar-refractivity contribution in [3.05, 3.63) is 167 Å². The van der Waals surface area contributed by atoms with E-state index < -0.39 is 77.5 Å². The van der Waals surface area contributed by atoms with E-state index in [0.717, 1.165) is 35.0 Å². The number of nitrogens with two attached hydrogens (primary N) is 1. The molecule has 9 heterocycles. The number of fused-ring (bicyclic) bond motifs is 3. The number of carbonyl (C=O) groups is 2. The van der Waals surface area contributed by atoms with Crippen molar-refractivity contribution in [3.8, 4) is 0 Å². The summed E-state index contributed by atoms with van der Waals surface area (Å²) in [4.78, 5) is 55.4. The smallest absolute Gasteiger partial charge is 0.408 e. The van der Waals surface area contributed by atoms with E-state index in [-0.39, 0.29) is 37.0 Å². The van der Waals surface area contributed by atoms with Crippen LogP contribution in [0.3, 0.4) is 0 Å². The summed E-state index contributed by atoms with van der Waals surface area (Å²) in [5, 5.41) is 5.90. The van der Waals surface area contributed by atoms with Gasteiger partial charge in [-0.2, -0.15) is 0 Å². The van der Waals surface area contributed by atoms with Crippen LogP contribution in [0.15, 0.2) is 115 Å². The summed E-state index contributed by atoms with van der Waals surface area (Å²) in [7, 11) is 0. The second-order valence-corrected chi connectivity index (χ2v) is 25.3. The molecule has 0 aliphatic carbocycles. The molecule has 3 aromatic carbocycles. The Morgan fingerprint density at radius 3 is 1.40 bits per heavy atom. The number of nitrogens with one attached hydrogen (secondary N) is 2. The van der Waals surface area contributed by atoms with Gasteiger partial charge in [0.15, 0.2) is 0 Å². The van der Waals surface area contributed by atoms with Gasteiger partial charge in [0, 0.05) is 63.2 Å². The van der Waals surface area contributed by atoms with Crippen LogP contribution >= 0.6 is 15.9 Å². The molecule has 0 spiro atoms. The van der Waals surface area contributed by atoms with Gasteiger partial charge in [-0.1, -0.05) is 22.0 Å². The van der Waals surface area contributed by atoms with Gasteiger partial charge in [0.25, 0.3) is 0 Å². The number of piperidine rings is 3. The zero-order valence-corrected chi connectivity index (χ0v) is 53.5. The maximum atomic E-state index is 14.7. The standard InChI is InChI=1S/C23H26F3N5O2.C18H18F3N5.C18H23F2N3O2.C6H5BrFN/c1-23(2,3)33-22(32)29-19-13-30(9-8-17(19)26)21-28-18-10-14(24)5-7-20(18)31(21)12-16-6-4-15(25)11-27-16;19-11-2-4-17-16(7-11)24-18(25-6-5-14(21)15(22)10-25)26(17)9-13-3-1-12(20)8-23-13;1-18(2,3)25-17(24)22-15-10-23(7-6-13(15)20)16-8-11-4-5-12(19)9-14(11)21-16;7-3-6-2-1-5(8)4-9-6/h4-7,10-11,17,19H,8-9,12-13H2,1-3H3,(H,29,32);1-4,7-8,14-15H,5-6,9-10,22H2;4-5,9,13,15H,6-8,10H2,1-3H3,(H,22,24);1-2,4H,3H2/t17-,19-;14-,15-;13-,15-;/m111./s1. The Balaban J connectivity index is 0.000000155. The highest BCUT2D eigenvalue weighted by Gasteiger charge is 2.36. The van der Waals surface area contributed by atoms with Crippen LogP contribution in [0.1, 0.15) is 83.5 Å². The SMILES string of the molecule is CC(C)(C)OC(=O)N[C@@H]1CN(C2=Nc3cc(F)ccc3C2)CC[C@H]1F.CC(C)(C)OC(=O)N[C@@H]1CN(c2nc3cc(F)ccc3n2Cc2ccc(F)cn2)CC[C@H]1F.Fc1ccc(CBr)nc1.N[C@@H]1CN(c2nc3cc(F)ccc3n2Cc2ccc(F)cn2)CC[C@H]1F. The Kier molecular flexibility index (Phi) is 22.2. The Bertz CT molecular complexity index is 3890. The molecule has 28 heteroatoms. The molecule has 5 aromatic heterocycles. The second-order valence-electron chi connectivity index (χ2n) is 24.7. The number of likely N-dealkylation sites (tertiary alicyclic amines) is 1. The number of amides is 2. The lowest BCUT2D eigenvalue weighted by Crippen LogP contribution is -2.55. The predicted octanol–water partition coefficient (Wildman–Crippen LogP) is 12.3. The molecule has 12 rings (SSSR count). The fourth-order valence-corrected chi connectivity index (χ4v) is 11.0. The van der Waals surface area contributed by atoms with Gasteiger partial charge in [-0.15, -0.1) is 0 Å². The summed E-state index contributed by atoms with van der Waals surface area (Å²) in [6, 6.07) is 20.0. The minimum absolute atomic E-state index is 0.156. The first kappa shape index (κ1) is 68.8. The van der Waals surface area contributed by atoms with Gasteiger partial charge >= 0.3 is 12.2 Å². The predicted molar refractivity (Wildman–Crippen MR) is 339 cm³/mol. The molecule has 2 amide bonds. The van der Waals surface area contributed by atoms with Crippen molar-refractivity contribution >= 4 is 73.6 Å². The monoisotopic (exact) mass is 1360 g/mol. The number of hydrogen-bond donors (Lipinski definition) is 3. The number of aliphatic imine (C=N–C) groups is 1. The van der Waals surface area contributed by atoms with Crippen molar-refractivity contribution < 1.29 is 58.6 Å². The first-order valence-electron chi connectivity index (χ1n) is 30.1. The Morgan fingerprint density at radius 1 is 0.548 bits per heavy atom. The first-order valence-corrected chi connectivity index (χ1v) is 31.2. The second kappa shape index (κ2) is 30.0. The number of imidazole rings is 2. The number of pyridine rings is 3. The van der Waals surface area contributed by atoms with Gasteiger partial charge in [-0.3, -0.25) is 15.0 Å². The molecule has 4 aliphatic rings. The van der Waals surface area contributed by atoms with Gasteiger partial charge in [-0.25, -0.2) is 64.1 Å². The Morgan fingerprint density at radius 2 is 0.957 bits per heavy atom. The van der Waals surface area contributed by atoms with Crippen LogP contribution in [0.25, 0.3) is 22.1 Å². The van der Waals surface area contributed by atoms with Crippen LogP contribution in [0.4, 0.5) is 66.7 Å². The van der Waals surface area contributed by atoms with E-state index in [1.165, 1.54) is 60.8 Å². The third-order valence-corrected chi connectivity index (χ3v) is 15.7. The molecule has 6 atom stereocenters. The van der Waals surface area contributed by atoms with Crippen molar-refractivity contribution in [2.24, 2.45) is 10.7 Å². The van der Waals surface area contributed by atoms with Gasteiger partial charge in [0.1, 0.15) is 70.5 Å². The number of hydrogen-bond acceptors (Lipinski definition) is 14. The number of ether oxygens (including phenoxy) is 2. The highest BCUT2D eigenvalue weighted by atomic mass is 79.9. The van der Waals surface area contributed by atoms with Gasteiger partial charge in [-0.05, 0) is 139 Å². The average molecular weight is 1360 g/mol. The van der Waals surface area contributed by atoms with Crippen LogP contribution in [-0.2, 0) is 34.3 Å². The minimum Gasteiger partial charge on any atom is -0.444 e. The van der Waals surface area contributed by atoms with E-state index in [4.69, 9.17) is 15.2 Å². The number of nitrogens with zero attached hydrogens (tertiary/aromatic N) is 11. The molecule has 0 saturated carbocycles. The zero-order valence-electron chi connectivity index (χ0n) is 52.0. The molecule has 0 unspecified atom stereocenters. The molecule has 496 valence electrons. The molecule has 4 N–H and O–H groups in total. The number of alkyl carbamates (subject to hydrolysis) is 2. The van der Waals surface area contributed by atoms with Crippen molar-refractivity contribution in [3.63, 3.8) is 0 Å². The van der Waals surface area contributed by atoms with Crippen molar-refractivity contribution in [1.29, 1.82) is 0 Å². The molecular formula is C65H72BrF9N14O4. The van der Waals surface area contributed by atoms with Crippen molar-refractivity contribution in [1.82, 2.24) is 49.6 Å². The Labute approximate surface area is 539 Å². The average Bonchev–Trinajstić information content (AvgIpc) is 1.65. The number of anilines is 2. The molecule has 3 saturated heterocycles. The maximum absolute atomic E-state index is 14.7. The summed E-state index contributed by atoms with van der Waals surface area (Å²) in [5.41, 5.74) is 10.5. The van der Waals surface area contributed by atoms with Gasteiger partial charge in [0.2, 0.25) is 11.9 Å². The van der Waals surface area contributed by atoms with Crippen LogP contribution < -0.4 is 26.2 Å². The molecule has 18 nitrogen and oxygen atoms in total. The topological polar surface area (TPSA) is 199 Å². The minimum atomic E-state index is -1.25. The first-order chi connectivity index (χ1) is 44.1. The largest absolute Gasteiger partial charge is 0.444 e. The quantitative estimate of drug-likeness (QED) is 0.0912. The number of alkyl halides is 4. The van der Waals surface area contributed by atoms with E-state index in [1.807, 2.05) is 23.8 Å². The van der Waals surface area contributed by atoms with E-state index in [2.05, 4.69) is 56.5 Å². The molecule has 0 radical (unpaired) electrons. The summed E-state index contributed by atoms with van der Waals surface area (Å²) in [5.74, 6) is -0.430. The molecule has 93 heavy (non-hydrogen) atoms. The van der Waals surface area contributed by atoms with E-state index in [1.54, 1.807) is 77.9 Å². The van der Waals surface area contributed by atoms with Crippen LogP contribution in [0.5, 0.6) is 0 Å². The summed E-state index contributed by atoms with van der Waals surface area (Å²) in [6.45, 7) is 13.2. The maximum Gasteiger partial charge on any atom is 0.408 e. The Hall–Kier alpha value is -8.53. The van der Waals surface area contributed by atoms with E-state index in [9.17, 15) is 49.1 Å². The molecule has 4 aliphatic heterocycles. The molecular weight excluding hydrogens is 1290 g/mol. The van der Waals surface area contributed by atoms with Crippen LogP contribution in [0, 0.1) is 34.9 Å². The van der Waals surface area contributed by atoms with Crippen molar-refractivity contribution in [2.45, 2.75) is 133 Å². The molecule has 0 bridgehead atoms. The van der Waals surface area contributed by atoms with Crippen LogP contribution in [-0.4, -0.2) is 144 Å². The lowest BCUT2D eigenvalue weighted by Gasteiger charge is -2.36. The van der Waals surface area contributed by atoms with E-state index >= 15 is 0 Å². The summed E-state index contributed by atoms with van der Waals surface area (Å²) < 4.78 is 136. The number of aromatic nitrogens is 7. The normalized spacial score (nSPS) is 19.7. The van der Waals surface area contributed by atoms with Gasteiger partial charge in [0.05, 0.1) is 94.6 Å². The van der Waals surface area contributed by atoms with Crippen molar-refractivity contribution in [2.75, 3.05) is 49.1 Å². The summed E-state index contributed by atoms with van der Waals surface area (Å²) in [6.07, 6.45) is 0.117. The van der Waals surface area contributed by atoms with E-state index in [0.29, 0.717) is 109 Å². The lowest BCUT2D eigenvalue weighted by molar-refractivity contribution is 0.0429. The number of halogens is 10. The molecule has 3 fully saturated rings. The third-order valence-electron chi connectivity index (χ3n) is 15.1. The number of carbonyl (C=O) groups excluding carboxylic acids is 2. The number of benzene rings is 3. The molecule has 8 aromatic rings. The van der Waals surface area contributed by atoms with Gasteiger partial charge < -0.3 is 49.7 Å².